The third-order valence-corrected chi connectivity index (χ3v) is 5.05. The molecule has 1 aliphatic heterocycles. The number of anilines is 1. The quantitative estimate of drug-likeness (QED) is 0.900. The smallest absolute Gasteiger partial charge is 0.230 e. The topological polar surface area (TPSA) is 59.0 Å². The number of carbonyl (C=O) groups excluding carboxylic acids is 1. The van der Waals surface area contributed by atoms with Crippen LogP contribution in [0.5, 0.6) is 0 Å². The Morgan fingerprint density at radius 1 is 1.33 bits per heavy atom. The van der Waals surface area contributed by atoms with Gasteiger partial charge in [0.25, 0.3) is 0 Å². The summed E-state index contributed by atoms with van der Waals surface area (Å²) in [4.78, 5) is 12.5. The van der Waals surface area contributed by atoms with Crippen molar-refractivity contribution in [1.29, 1.82) is 0 Å². The number of carbonyl (C=O) groups is 1. The third-order valence-electron chi connectivity index (χ3n) is 5.05. The Balaban J connectivity index is 1.62. The van der Waals surface area contributed by atoms with Gasteiger partial charge >= 0.3 is 0 Å². The zero-order chi connectivity index (χ0) is 14.7. The highest BCUT2D eigenvalue weighted by atomic mass is 16.2. The summed E-state index contributed by atoms with van der Waals surface area (Å²) in [7, 11) is 0. The minimum atomic E-state index is -0.199. The highest BCUT2D eigenvalue weighted by Gasteiger charge is 2.34. The molecule has 2 heterocycles. The molecule has 2 fully saturated rings. The molecule has 0 aromatic carbocycles. The second-order valence-corrected chi connectivity index (χ2v) is 6.77. The first-order valence-corrected chi connectivity index (χ1v) is 8.24. The Hall–Kier alpha value is -1.36. The number of aromatic nitrogens is 2. The van der Waals surface area contributed by atoms with Gasteiger partial charge in [0.2, 0.25) is 5.91 Å². The molecule has 1 saturated carbocycles. The Labute approximate surface area is 126 Å². The van der Waals surface area contributed by atoms with Gasteiger partial charge in [-0.25, -0.2) is 0 Å². The van der Waals surface area contributed by atoms with Crippen LogP contribution in [0.3, 0.4) is 0 Å². The summed E-state index contributed by atoms with van der Waals surface area (Å²) >= 11 is 0. The van der Waals surface area contributed by atoms with E-state index in [9.17, 15) is 4.79 Å². The van der Waals surface area contributed by atoms with Crippen LogP contribution in [0.4, 0.5) is 5.69 Å². The third kappa shape index (κ3) is 3.28. The van der Waals surface area contributed by atoms with Gasteiger partial charge in [-0.1, -0.05) is 26.2 Å². The molecule has 1 aromatic rings. The molecular formula is C16H26N4O. The molecule has 21 heavy (non-hydrogen) atoms. The van der Waals surface area contributed by atoms with Crippen molar-refractivity contribution < 1.29 is 4.79 Å². The van der Waals surface area contributed by atoms with Crippen LogP contribution in [0, 0.1) is 5.41 Å². The Morgan fingerprint density at radius 3 is 2.76 bits per heavy atom. The fourth-order valence-corrected chi connectivity index (χ4v) is 3.51. The Kier molecular flexibility index (Phi) is 4.29. The number of piperidine rings is 1. The predicted octanol–water partition coefficient (Wildman–Crippen LogP) is 2.72. The second kappa shape index (κ2) is 6.18. The number of hydrogen-bond acceptors (Lipinski definition) is 3. The molecular weight excluding hydrogens is 264 g/mol. The Morgan fingerprint density at radius 2 is 2.05 bits per heavy atom. The maximum absolute atomic E-state index is 12.5. The van der Waals surface area contributed by atoms with Gasteiger partial charge in [0.05, 0.1) is 17.9 Å². The predicted molar refractivity (Wildman–Crippen MR) is 83.2 cm³/mol. The van der Waals surface area contributed by atoms with Crippen LogP contribution in [-0.4, -0.2) is 28.8 Å². The van der Waals surface area contributed by atoms with E-state index in [4.69, 9.17) is 0 Å². The molecule has 5 nitrogen and oxygen atoms in total. The van der Waals surface area contributed by atoms with Gasteiger partial charge in [0.15, 0.2) is 0 Å². The fraction of sp³-hybridized carbons (Fsp3) is 0.750. The van der Waals surface area contributed by atoms with Gasteiger partial charge in [0, 0.05) is 11.6 Å². The van der Waals surface area contributed by atoms with Crippen LogP contribution in [0.1, 0.15) is 57.9 Å². The standard InChI is InChI=1S/C16H26N4O/c1-16(7-3-2-4-8-16)15(21)19-13-11-18-20(12-13)14-5-9-17-10-6-14/h11-12,14,17H,2-10H2,1H3,(H,19,21). The van der Waals surface area contributed by atoms with Gasteiger partial charge in [-0.2, -0.15) is 5.10 Å². The van der Waals surface area contributed by atoms with E-state index in [0.29, 0.717) is 6.04 Å². The fourth-order valence-electron chi connectivity index (χ4n) is 3.51. The SMILES string of the molecule is CC1(C(=O)Nc2cnn(C3CCNCC3)c2)CCCCC1. The lowest BCUT2D eigenvalue weighted by atomic mass is 9.75. The minimum Gasteiger partial charge on any atom is -0.323 e. The summed E-state index contributed by atoms with van der Waals surface area (Å²) in [6.45, 7) is 4.19. The summed E-state index contributed by atoms with van der Waals surface area (Å²) in [5.41, 5.74) is 0.639. The van der Waals surface area contributed by atoms with E-state index in [2.05, 4.69) is 22.7 Å². The molecule has 0 radical (unpaired) electrons. The highest BCUT2D eigenvalue weighted by molar-refractivity contribution is 5.94. The van der Waals surface area contributed by atoms with E-state index < -0.39 is 0 Å². The van der Waals surface area contributed by atoms with E-state index in [1.807, 2.05) is 10.9 Å². The average molecular weight is 290 g/mol. The zero-order valence-electron chi connectivity index (χ0n) is 12.9. The summed E-state index contributed by atoms with van der Waals surface area (Å²) < 4.78 is 2.01. The van der Waals surface area contributed by atoms with Crippen LogP contribution in [0.15, 0.2) is 12.4 Å². The summed E-state index contributed by atoms with van der Waals surface area (Å²) in [6, 6.07) is 0.460. The van der Waals surface area contributed by atoms with Crippen molar-refractivity contribution in [3.8, 4) is 0 Å². The van der Waals surface area contributed by atoms with Crippen molar-refractivity contribution >= 4 is 11.6 Å². The van der Waals surface area contributed by atoms with Crippen LogP contribution < -0.4 is 10.6 Å². The van der Waals surface area contributed by atoms with Crippen molar-refractivity contribution in [1.82, 2.24) is 15.1 Å². The molecule has 2 N–H and O–H groups in total. The lowest BCUT2D eigenvalue weighted by Crippen LogP contribution is -2.35. The molecule has 0 unspecified atom stereocenters. The molecule has 116 valence electrons. The van der Waals surface area contributed by atoms with Gasteiger partial charge in [-0.05, 0) is 38.8 Å². The van der Waals surface area contributed by atoms with Crippen LogP contribution in [0.2, 0.25) is 0 Å². The Bertz CT molecular complexity index is 484. The first-order valence-electron chi connectivity index (χ1n) is 8.24. The van der Waals surface area contributed by atoms with E-state index in [0.717, 1.165) is 57.3 Å². The van der Waals surface area contributed by atoms with Gasteiger partial charge < -0.3 is 10.6 Å². The van der Waals surface area contributed by atoms with Gasteiger partial charge in [0.1, 0.15) is 0 Å². The first kappa shape index (κ1) is 14.6. The largest absolute Gasteiger partial charge is 0.323 e. The molecule has 0 bridgehead atoms. The maximum atomic E-state index is 12.5. The number of amides is 1. The molecule has 2 aliphatic rings. The number of hydrogen-bond donors (Lipinski definition) is 2. The van der Waals surface area contributed by atoms with E-state index in [1.54, 1.807) is 6.20 Å². The monoisotopic (exact) mass is 290 g/mol. The lowest BCUT2D eigenvalue weighted by molar-refractivity contribution is -0.126. The summed E-state index contributed by atoms with van der Waals surface area (Å²) in [5, 5.41) is 10.9. The molecule has 5 heteroatoms. The molecule has 1 amide bonds. The zero-order valence-corrected chi connectivity index (χ0v) is 12.9. The van der Waals surface area contributed by atoms with Crippen LogP contribution in [0.25, 0.3) is 0 Å². The van der Waals surface area contributed by atoms with E-state index in [1.165, 1.54) is 6.42 Å². The van der Waals surface area contributed by atoms with Gasteiger partial charge in [-0.15, -0.1) is 0 Å². The number of nitrogens with one attached hydrogen (secondary N) is 2. The summed E-state index contributed by atoms with van der Waals surface area (Å²) in [5.74, 6) is 0.159. The molecule has 0 spiro atoms. The summed E-state index contributed by atoms with van der Waals surface area (Å²) in [6.07, 6.45) is 11.6. The van der Waals surface area contributed by atoms with Crippen molar-refractivity contribution in [3.63, 3.8) is 0 Å². The molecule has 1 aromatic heterocycles. The van der Waals surface area contributed by atoms with Crippen molar-refractivity contribution in [2.45, 2.75) is 57.9 Å². The van der Waals surface area contributed by atoms with Crippen molar-refractivity contribution in [2.75, 3.05) is 18.4 Å². The second-order valence-electron chi connectivity index (χ2n) is 6.77. The van der Waals surface area contributed by atoms with E-state index >= 15 is 0 Å². The van der Waals surface area contributed by atoms with E-state index in [-0.39, 0.29) is 11.3 Å². The number of nitrogens with zero attached hydrogens (tertiary/aromatic N) is 2. The van der Waals surface area contributed by atoms with Crippen molar-refractivity contribution in [3.05, 3.63) is 12.4 Å². The highest BCUT2D eigenvalue weighted by Crippen LogP contribution is 2.36. The minimum absolute atomic E-state index is 0.159. The van der Waals surface area contributed by atoms with Crippen LogP contribution in [-0.2, 0) is 4.79 Å². The molecule has 1 aliphatic carbocycles. The normalized spacial score (nSPS) is 22.9. The first-order chi connectivity index (χ1) is 10.2. The molecule has 0 atom stereocenters. The van der Waals surface area contributed by atoms with Gasteiger partial charge in [-0.3, -0.25) is 9.48 Å². The lowest BCUT2D eigenvalue weighted by Gasteiger charge is -2.31. The number of rotatable bonds is 3. The van der Waals surface area contributed by atoms with Crippen LogP contribution >= 0.6 is 0 Å². The maximum Gasteiger partial charge on any atom is 0.230 e. The molecule has 1 saturated heterocycles. The van der Waals surface area contributed by atoms with Crippen molar-refractivity contribution in [2.24, 2.45) is 5.41 Å². The average Bonchev–Trinajstić information content (AvgIpc) is 2.97. The molecule has 3 rings (SSSR count).